The van der Waals surface area contributed by atoms with Crippen LogP contribution in [0.4, 0.5) is 13.2 Å². The molecule has 2 aliphatic rings. The summed E-state index contributed by atoms with van der Waals surface area (Å²) in [7, 11) is 0. The van der Waals surface area contributed by atoms with Crippen LogP contribution in [0.2, 0.25) is 0 Å². The lowest BCUT2D eigenvalue weighted by atomic mass is 9.78. The number of nitrogens with one attached hydrogen (secondary N) is 1. The fourth-order valence-electron chi connectivity index (χ4n) is 3.02. The Labute approximate surface area is 126 Å². The van der Waals surface area contributed by atoms with Crippen molar-refractivity contribution in [2.75, 3.05) is 0 Å². The second-order valence-corrected chi connectivity index (χ2v) is 6.32. The second kappa shape index (κ2) is 6.06. The van der Waals surface area contributed by atoms with Crippen molar-refractivity contribution < 1.29 is 32.6 Å². The number of rotatable bonds is 3. The maximum atomic E-state index is 12.5. The van der Waals surface area contributed by atoms with Crippen molar-refractivity contribution in [3.8, 4) is 0 Å². The fraction of sp³-hybridized carbons (Fsp3) is 0.857. The van der Waals surface area contributed by atoms with Gasteiger partial charge in [0.05, 0.1) is 6.42 Å². The molecule has 2 rings (SSSR count). The van der Waals surface area contributed by atoms with E-state index in [1.165, 1.54) is 0 Å². The fourth-order valence-corrected chi connectivity index (χ4v) is 3.02. The minimum atomic E-state index is -4.94. The molecule has 0 radical (unpaired) electrons. The highest BCUT2D eigenvalue weighted by molar-refractivity contribution is 5.85. The summed E-state index contributed by atoms with van der Waals surface area (Å²) in [6, 6.07) is 0.0643. The van der Waals surface area contributed by atoms with E-state index in [4.69, 9.17) is 4.74 Å². The predicted molar refractivity (Wildman–Crippen MR) is 69.7 cm³/mol. The molecule has 5 nitrogen and oxygen atoms in total. The first kappa shape index (κ1) is 17.1. The van der Waals surface area contributed by atoms with E-state index in [1.54, 1.807) is 0 Å². The molecule has 1 amide bonds. The van der Waals surface area contributed by atoms with Gasteiger partial charge in [-0.05, 0) is 32.1 Å². The van der Waals surface area contributed by atoms with Gasteiger partial charge in [-0.2, -0.15) is 13.2 Å². The summed E-state index contributed by atoms with van der Waals surface area (Å²) in [6.07, 6.45) is -3.07. The number of aliphatic hydroxyl groups is 1. The first-order valence-corrected chi connectivity index (χ1v) is 7.39. The smallest absolute Gasteiger partial charge is 0.417 e. The van der Waals surface area contributed by atoms with Crippen LogP contribution in [0.15, 0.2) is 0 Å². The quantitative estimate of drug-likeness (QED) is 0.775. The normalized spacial score (nSPS) is 31.7. The molecule has 1 saturated carbocycles. The van der Waals surface area contributed by atoms with Crippen molar-refractivity contribution in [2.45, 2.75) is 69.4 Å². The molecule has 2 fully saturated rings. The van der Waals surface area contributed by atoms with Gasteiger partial charge in [-0.25, -0.2) is 0 Å². The van der Waals surface area contributed by atoms with Gasteiger partial charge in [0, 0.05) is 6.04 Å². The van der Waals surface area contributed by atoms with Gasteiger partial charge < -0.3 is 15.2 Å². The van der Waals surface area contributed by atoms with Crippen molar-refractivity contribution >= 4 is 11.9 Å². The maximum absolute atomic E-state index is 12.5. The van der Waals surface area contributed by atoms with E-state index in [2.05, 4.69) is 5.32 Å². The van der Waals surface area contributed by atoms with Gasteiger partial charge in [0.1, 0.15) is 0 Å². The largest absolute Gasteiger partial charge is 0.452 e. The van der Waals surface area contributed by atoms with Gasteiger partial charge in [0.25, 0.3) is 5.91 Å². The number of carbonyl (C=O) groups is 2. The highest BCUT2D eigenvalue weighted by Gasteiger charge is 2.52. The molecule has 1 saturated heterocycles. The van der Waals surface area contributed by atoms with E-state index >= 15 is 0 Å². The standard InChI is InChI=1S/C14H20F3NO4/c1-13(21,14(15,16)17)7-11(19)22-10-6-8-4-2-3-5-9(8)18-12(10)20/h8-10,21H,2-7H2,1H3,(H,18,20). The first-order valence-electron chi connectivity index (χ1n) is 7.39. The van der Waals surface area contributed by atoms with Crippen LogP contribution < -0.4 is 5.32 Å². The lowest BCUT2D eigenvalue weighted by molar-refractivity contribution is -0.256. The molecule has 8 heteroatoms. The molecule has 1 heterocycles. The molecule has 0 aromatic heterocycles. The summed E-state index contributed by atoms with van der Waals surface area (Å²) in [5, 5.41) is 12.0. The molecule has 126 valence electrons. The van der Waals surface area contributed by atoms with E-state index in [9.17, 15) is 27.9 Å². The molecular formula is C14H20F3NO4. The Morgan fingerprint density at radius 1 is 1.36 bits per heavy atom. The Morgan fingerprint density at radius 3 is 2.64 bits per heavy atom. The summed E-state index contributed by atoms with van der Waals surface area (Å²) in [6.45, 7) is 0.506. The molecule has 0 aromatic carbocycles. The van der Waals surface area contributed by atoms with Crippen LogP contribution in [0.1, 0.15) is 45.4 Å². The average Bonchev–Trinajstić information content (AvgIpc) is 2.37. The topological polar surface area (TPSA) is 75.6 Å². The highest BCUT2D eigenvalue weighted by Crippen LogP contribution is 2.34. The second-order valence-electron chi connectivity index (χ2n) is 6.32. The van der Waals surface area contributed by atoms with Gasteiger partial charge in [-0.3, -0.25) is 9.59 Å². The van der Waals surface area contributed by atoms with Crippen LogP contribution in [0.3, 0.4) is 0 Å². The van der Waals surface area contributed by atoms with E-state index < -0.39 is 36.2 Å². The number of fused-ring (bicyclic) bond motifs is 1. The lowest BCUT2D eigenvalue weighted by Crippen LogP contribution is -2.54. The summed E-state index contributed by atoms with van der Waals surface area (Å²) in [4.78, 5) is 23.5. The first-order chi connectivity index (χ1) is 10.1. The summed E-state index contributed by atoms with van der Waals surface area (Å²) >= 11 is 0. The van der Waals surface area contributed by atoms with Crippen LogP contribution >= 0.6 is 0 Å². The molecule has 1 aliphatic heterocycles. The number of hydrogen-bond donors (Lipinski definition) is 2. The molecule has 0 spiro atoms. The number of piperidine rings is 1. The summed E-state index contributed by atoms with van der Waals surface area (Å²) in [5.41, 5.74) is -3.16. The lowest BCUT2D eigenvalue weighted by Gasteiger charge is -2.39. The van der Waals surface area contributed by atoms with Gasteiger partial charge in [-0.1, -0.05) is 12.8 Å². The maximum Gasteiger partial charge on any atom is 0.417 e. The van der Waals surface area contributed by atoms with Crippen molar-refractivity contribution in [1.29, 1.82) is 0 Å². The number of carbonyl (C=O) groups excluding carboxylic acids is 2. The van der Waals surface area contributed by atoms with Gasteiger partial charge in [-0.15, -0.1) is 0 Å². The van der Waals surface area contributed by atoms with Crippen LogP contribution in [0.5, 0.6) is 0 Å². The summed E-state index contributed by atoms with van der Waals surface area (Å²) < 4.78 is 42.5. The SMILES string of the molecule is CC(O)(CC(=O)OC1CC2CCCCC2NC1=O)C(F)(F)F. The van der Waals surface area contributed by atoms with Gasteiger partial charge >= 0.3 is 12.1 Å². The number of ether oxygens (including phenoxy) is 1. The molecular weight excluding hydrogens is 303 g/mol. The Morgan fingerprint density at radius 2 is 2.00 bits per heavy atom. The van der Waals surface area contributed by atoms with Gasteiger partial charge in [0.2, 0.25) is 0 Å². The Kier molecular flexibility index (Phi) is 4.70. The zero-order valence-electron chi connectivity index (χ0n) is 12.3. The predicted octanol–water partition coefficient (Wildman–Crippen LogP) is 1.68. The Balaban J connectivity index is 1.92. The van der Waals surface area contributed by atoms with Crippen molar-refractivity contribution in [3.63, 3.8) is 0 Å². The number of esters is 1. The highest BCUT2D eigenvalue weighted by atomic mass is 19.4. The molecule has 4 unspecified atom stereocenters. The van der Waals surface area contributed by atoms with Crippen molar-refractivity contribution in [3.05, 3.63) is 0 Å². The van der Waals surface area contributed by atoms with Crippen molar-refractivity contribution in [1.82, 2.24) is 5.32 Å². The third-order valence-corrected chi connectivity index (χ3v) is 4.42. The van der Waals surface area contributed by atoms with Gasteiger partial charge in [0.15, 0.2) is 11.7 Å². The van der Waals surface area contributed by atoms with E-state index in [0.717, 1.165) is 25.7 Å². The molecule has 22 heavy (non-hydrogen) atoms. The molecule has 1 aliphatic carbocycles. The number of alkyl halides is 3. The Bertz CT molecular complexity index is 450. The zero-order chi connectivity index (χ0) is 16.5. The number of hydrogen-bond acceptors (Lipinski definition) is 4. The third-order valence-electron chi connectivity index (χ3n) is 4.42. The molecule has 0 aromatic rings. The molecule has 4 atom stereocenters. The summed E-state index contributed by atoms with van der Waals surface area (Å²) in [5.74, 6) is -1.51. The van der Waals surface area contributed by atoms with E-state index in [0.29, 0.717) is 13.3 Å². The minimum absolute atomic E-state index is 0.0643. The van der Waals surface area contributed by atoms with Crippen LogP contribution in [-0.4, -0.2) is 40.9 Å². The average molecular weight is 323 g/mol. The minimum Gasteiger partial charge on any atom is -0.452 e. The number of amides is 1. The monoisotopic (exact) mass is 323 g/mol. The van der Waals surface area contributed by atoms with Crippen LogP contribution in [-0.2, 0) is 14.3 Å². The molecule has 0 bridgehead atoms. The Hall–Kier alpha value is -1.31. The van der Waals surface area contributed by atoms with E-state index in [1.807, 2.05) is 0 Å². The molecule has 2 N–H and O–H groups in total. The van der Waals surface area contributed by atoms with Crippen molar-refractivity contribution in [2.24, 2.45) is 5.92 Å². The van der Waals surface area contributed by atoms with Crippen LogP contribution in [0.25, 0.3) is 0 Å². The van der Waals surface area contributed by atoms with Crippen LogP contribution in [0, 0.1) is 5.92 Å². The zero-order valence-corrected chi connectivity index (χ0v) is 12.3. The number of halogens is 3. The third kappa shape index (κ3) is 3.71. The van der Waals surface area contributed by atoms with E-state index in [-0.39, 0.29) is 12.0 Å².